The Morgan fingerprint density at radius 1 is 1.28 bits per heavy atom. The molecule has 6 nitrogen and oxygen atoms in total. The number of H-pyrrole nitrogens is 1. The van der Waals surface area contributed by atoms with Gasteiger partial charge < -0.3 is 14.8 Å². The van der Waals surface area contributed by atoms with Crippen LogP contribution < -0.4 is 4.90 Å². The molecule has 1 aromatic heterocycles. The molecule has 0 aliphatic carbocycles. The van der Waals surface area contributed by atoms with Gasteiger partial charge in [-0.3, -0.25) is 9.59 Å². The summed E-state index contributed by atoms with van der Waals surface area (Å²) in [6, 6.07) is 11.0. The highest BCUT2D eigenvalue weighted by atomic mass is 16.2. The summed E-state index contributed by atoms with van der Waals surface area (Å²) in [7, 11) is 0. The van der Waals surface area contributed by atoms with Crippen LogP contribution in [0.25, 0.3) is 0 Å². The van der Waals surface area contributed by atoms with Crippen molar-refractivity contribution in [3.8, 4) is 6.07 Å². The lowest BCUT2D eigenvalue weighted by atomic mass is 9.86. The van der Waals surface area contributed by atoms with Gasteiger partial charge in [0.05, 0.1) is 17.2 Å². The zero-order valence-corrected chi connectivity index (χ0v) is 13.7. The molecule has 0 saturated carbocycles. The van der Waals surface area contributed by atoms with Gasteiger partial charge in [0.25, 0.3) is 5.91 Å². The first-order chi connectivity index (χ1) is 12.1. The maximum atomic E-state index is 12.6. The van der Waals surface area contributed by atoms with Gasteiger partial charge in [0.1, 0.15) is 0 Å². The van der Waals surface area contributed by atoms with Crippen LogP contribution >= 0.6 is 0 Å². The monoisotopic (exact) mass is 334 g/mol. The molecule has 1 aromatic carbocycles. The number of rotatable bonds is 2. The van der Waals surface area contributed by atoms with Crippen molar-refractivity contribution in [3.05, 3.63) is 53.9 Å². The zero-order valence-electron chi connectivity index (χ0n) is 13.7. The summed E-state index contributed by atoms with van der Waals surface area (Å²) in [5.74, 6) is 0.0709. The smallest absolute Gasteiger partial charge is 0.255 e. The molecule has 4 rings (SSSR count). The summed E-state index contributed by atoms with van der Waals surface area (Å²) in [6.07, 6.45) is 4.71. The average molecular weight is 334 g/mol. The molecule has 2 amide bonds. The number of nitrogens with one attached hydrogen (secondary N) is 1. The number of likely N-dealkylation sites (tertiary alicyclic amines) is 1. The molecule has 1 N–H and O–H groups in total. The number of carbonyl (C=O) groups is 2. The summed E-state index contributed by atoms with van der Waals surface area (Å²) >= 11 is 0. The number of benzene rings is 1. The van der Waals surface area contributed by atoms with Gasteiger partial charge in [-0.25, -0.2) is 0 Å². The molecule has 2 fully saturated rings. The predicted octanol–water partition coefficient (Wildman–Crippen LogP) is 2.16. The Bertz CT molecular complexity index is 868. The van der Waals surface area contributed by atoms with E-state index in [9.17, 15) is 9.59 Å². The summed E-state index contributed by atoms with van der Waals surface area (Å²) in [5.41, 5.74) is 1.77. The number of nitriles is 1. The third-order valence-corrected chi connectivity index (χ3v) is 5.18. The fourth-order valence-corrected chi connectivity index (χ4v) is 3.90. The molecule has 126 valence electrons. The van der Waals surface area contributed by atoms with Gasteiger partial charge >= 0.3 is 0 Å². The molecule has 6 heteroatoms. The number of anilines is 1. The van der Waals surface area contributed by atoms with Gasteiger partial charge in [-0.1, -0.05) is 6.07 Å². The highest BCUT2D eigenvalue weighted by molar-refractivity contribution is 5.97. The molecule has 2 aliphatic heterocycles. The number of nitrogens with zero attached hydrogens (tertiary/aromatic N) is 3. The maximum Gasteiger partial charge on any atom is 0.255 e. The molecule has 2 saturated heterocycles. The van der Waals surface area contributed by atoms with Crippen molar-refractivity contribution in [1.29, 1.82) is 5.26 Å². The normalized spacial score (nSPS) is 22.6. The van der Waals surface area contributed by atoms with Crippen molar-refractivity contribution >= 4 is 17.5 Å². The van der Waals surface area contributed by atoms with Gasteiger partial charge in [0.15, 0.2) is 0 Å². The standard InChI is InChI=1S/C19H18N4O2/c20-10-14-2-1-3-16(8-14)23-13-19(9-17(23)24)5-7-22(12-19)18(25)15-4-6-21-11-15/h1-4,6,8,11,21H,5,7,9,12-13H2. The molecule has 2 aliphatic rings. The van der Waals surface area contributed by atoms with Crippen LogP contribution in [0.15, 0.2) is 42.7 Å². The highest BCUT2D eigenvalue weighted by Gasteiger charge is 2.48. The Labute approximate surface area is 145 Å². The van der Waals surface area contributed by atoms with Gasteiger partial charge in [-0.15, -0.1) is 0 Å². The van der Waals surface area contributed by atoms with Crippen molar-refractivity contribution in [2.24, 2.45) is 5.41 Å². The minimum absolute atomic E-state index is 0.00972. The Morgan fingerprint density at radius 3 is 2.92 bits per heavy atom. The van der Waals surface area contributed by atoms with Gasteiger partial charge in [-0.2, -0.15) is 5.26 Å². The highest BCUT2D eigenvalue weighted by Crippen LogP contribution is 2.42. The van der Waals surface area contributed by atoms with E-state index in [1.165, 1.54) is 0 Å². The Balaban J connectivity index is 1.52. The van der Waals surface area contributed by atoms with Gasteiger partial charge in [-0.05, 0) is 30.7 Å². The molecule has 3 heterocycles. The van der Waals surface area contributed by atoms with E-state index < -0.39 is 0 Å². The molecular weight excluding hydrogens is 316 g/mol. The first kappa shape index (κ1) is 15.5. The SMILES string of the molecule is N#Cc1cccc(N2CC3(CCN(C(=O)c4cc[nH]c4)C3)CC2=O)c1. The minimum Gasteiger partial charge on any atom is -0.367 e. The van der Waals surface area contributed by atoms with E-state index in [0.29, 0.717) is 37.2 Å². The third-order valence-electron chi connectivity index (χ3n) is 5.18. The first-order valence-electron chi connectivity index (χ1n) is 8.33. The van der Waals surface area contributed by atoms with Crippen LogP contribution in [0.3, 0.4) is 0 Å². The maximum absolute atomic E-state index is 12.6. The lowest BCUT2D eigenvalue weighted by Gasteiger charge is -2.24. The fourth-order valence-electron chi connectivity index (χ4n) is 3.90. The minimum atomic E-state index is -0.189. The van der Waals surface area contributed by atoms with E-state index in [4.69, 9.17) is 5.26 Å². The molecule has 1 spiro atoms. The van der Waals surface area contributed by atoms with Crippen LogP contribution in [0.2, 0.25) is 0 Å². The average Bonchev–Trinajstić information content (AvgIpc) is 3.36. The van der Waals surface area contributed by atoms with E-state index >= 15 is 0 Å². The molecular formula is C19H18N4O2. The van der Waals surface area contributed by atoms with Crippen LogP contribution in [-0.2, 0) is 4.79 Å². The zero-order chi connectivity index (χ0) is 17.4. The number of amides is 2. The van der Waals surface area contributed by atoms with Crippen molar-refractivity contribution in [3.63, 3.8) is 0 Å². The van der Waals surface area contributed by atoms with Crippen molar-refractivity contribution < 1.29 is 9.59 Å². The number of hydrogen-bond donors (Lipinski definition) is 1. The van der Waals surface area contributed by atoms with Gasteiger partial charge in [0, 0.05) is 49.6 Å². The van der Waals surface area contributed by atoms with E-state index in [2.05, 4.69) is 11.1 Å². The van der Waals surface area contributed by atoms with Gasteiger partial charge in [0.2, 0.25) is 5.91 Å². The summed E-state index contributed by atoms with van der Waals surface area (Å²) in [4.78, 5) is 31.6. The Morgan fingerprint density at radius 2 is 2.16 bits per heavy atom. The molecule has 25 heavy (non-hydrogen) atoms. The quantitative estimate of drug-likeness (QED) is 0.914. The third kappa shape index (κ3) is 2.68. The second kappa shape index (κ2) is 5.78. The van der Waals surface area contributed by atoms with Crippen LogP contribution in [-0.4, -0.2) is 41.3 Å². The largest absolute Gasteiger partial charge is 0.367 e. The fraction of sp³-hybridized carbons (Fsp3) is 0.316. The Hall–Kier alpha value is -3.07. The lowest BCUT2D eigenvalue weighted by molar-refractivity contribution is -0.117. The van der Waals surface area contributed by atoms with E-state index in [-0.39, 0.29) is 17.2 Å². The molecule has 1 unspecified atom stereocenters. The number of aromatic amines is 1. The van der Waals surface area contributed by atoms with E-state index in [0.717, 1.165) is 12.1 Å². The Kier molecular flexibility index (Phi) is 3.57. The van der Waals surface area contributed by atoms with Crippen molar-refractivity contribution in [1.82, 2.24) is 9.88 Å². The molecule has 0 radical (unpaired) electrons. The van der Waals surface area contributed by atoms with Crippen LogP contribution in [0, 0.1) is 16.7 Å². The van der Waals surface area contributed by atoms with Crippen LogP contribution in [0.4, 0.5) is 5.69 Å². The van der Waals surface area contributed by atoms with E-state index in [1.807, 2.05) is 11.0 Å². The number of carbonyl (C=O) groups excluding carboxylic acids is 2. The molecule has 0 bridgehead atoms. The number of aromatic nitrogens is 1. The summed E-state index contributed by atoms with van der Waals surface area (Å²) in [6.45, 7) is 1.86. The second-order valence-electron chi connectivity index (χ2n) is 6.90. The lowest BCUT2D eigenvalue weighted by Crippen LogP contribution is -2.34. The van der Waals surface area contributed by atoms with Crippen molar-refractivity contribution in [2.45, 2.75) is 12.8 Å². The topological polar surface area (TPSA) is 80.2 Å². The van der Waals surface area contributed by atoms with E-state index in [1.54, 1.807) is 41.6 Å². The molecule has 1 atom stereocenters. The van der Waals surface area contributed by atoms with Crippen LogP contribution in [0.5, 0.6) is 0 Å². The molecule has 2 aromatic rings. The first-order valence-corrected chi connectivity index (χ1v) is 8.33. The second-order valence-corrected chi connectivity index (χ2v) is 6.90. The summed E-state index contributed by atoms with van der Waals surface area (Å²) in [5, 5.41) is 9.06. The van der Waals surface area contributed by atoms with Crippen LogP contribution in [0.1, 0.15) is 28.8 Å². The summed E-state index contributed by atoms with van der Waals surface area (Å²) < 4.78 is 0. The predicted molar refractivity (Wildman–Crippen MR) is 91.9 cm³/mol. The van der Waals surface area contributed by atoms with Crippen molar-refractivity contribution in [2.75, 3.05) is 24.5 Å². The number of hydrogen-bond acceptors (Lipinski definition) is 3.